The maximum absolute atomic E-state index is 12.4. The molecule has 1 aliphatic carbocycles. The number of nitrogens with one attached hydrogen (secondary N) is 1. The molecular formula is C22H23NO2. The van der Waals surface area contributed by atoms with E-state index in [-0.39, 0.29) is 11.6 Å². The lowest BCUT2D eigenvalue weighted by Crippen LogP contribution is -2.17. The Morgan fingerprint density at radius 2 is 1.72 bits per heavy atom. The monoisotopic (exact) mass is 333 g/mol. The van der Waals surface area contributed by atoms with Gasteiger partial charge in [0, 0.05) is 29.8 Å². The number of carbonyl (C=O) groups is 2. The molecule has 0 unspecified atom stereocenters. The van der Waals surface area contributed by atoms with Crippen LogP contribution in [-0.4, -0.2) is 11.6 Å². The molecule has 128 valence electrons. The molecule has 3 rings (SSSR count). The minimum absolute atomic E-state index is 0.0166. The molecule has 25 heavy (non-hydrogen) atoms. The number of Topliss-reactive ketones (excluding diaryl/α,β-unsaturated/α-hetero) is 2. The van der Waals surface area contributed by atoms with Crippen LogP contribution in [0.2, 0.25) is 0 Å². The zero-order valence-electron chi connectivity index (χ0n) is 14.8. The molecule has 1 aliphatic rings. The summed E-state index contributed by atoms with van der Waals surface area (Å²) in [6, 6.07) is 15.8. The number of hydrogen-bond acceptors (Lipinski definition) is 3. The van der Waals surface area contributed by atoms with Gasteiger partial charge in [-0.05, 0) is 36.5 Å². The third kappa shape index (κ3) is 3.87. The quantitative estimate of drug-likeness (QED) is 0.742. The molecular weight excluding hydrogens is 310 g/mol. The van der Waals surface area contributed by atoms with Crippen LogP contribution < -0.4 is 5.32 Å². The van der Waals surface area contributed by atoms with Crippen molar-refractivity contribution in [3.63, 3.8) is 0 Å². The Kier molecular flexibility index (Phi) is 5.13. The Hall–Kier alpha value is -2.68. The van der Waals surface area contributed by atoms with Gasteiger partial charge in [0.25, 0.3) is 0 Å². The molecule has 0 saturated heterocycles. The van der Waals surface area contributed by atoms with Crippen molar-refractivity contribution in [2.45, 2.75) is 39.7 Å². The highest BCUT2D eigenvalue weighted by Crippen LogP contribution is 2.35. The molecule has 1 N–H and O–H groups in total. The number of hydrogen-bond donors (Lipinski definition) is 1. The molecule has 2 aromatic rings. The van der Waals surface area contributed by atoms with Gasteiger partial charge in [0.2, 0.25) is 0 Å². The average molecular weight is 333 g/mol. The lowest BCUT2D eigenvalue weighted by Gasteiger charge is -2.15. The van der Waals surface area contributed by atoms with Crippen LogP contribution >= 0.6 is 0 Å². The van der Waals surface area contributed by atoms with Crippen LogP contribution in [-0.2, 0) is 6.54 Å². The lowest BCUT2D eigenvalue weighted by atomic mass is 9.94. The molecule has 0 amide bonds. The molecule has 3 heteroatoms. The molecule has 3 nitrogen and oxygen atoms in total. The molecule has 0 heterocycles. The number of ketones is 2. The van der Waals surface area contributed by atoms with E-state index in [1.165, 1.54) is 18.1 Å². The first-order valence-electron chi connectivity index (χ1n) is 8.79. The molecule has 0 bridgehead atoms. The Labute approximate surface area is 148 Å². The van der Waals surface area contributed by atoms with Crippen LogP contribution in [0.4, 0.5) is 0 Å². The molecule has 2 aromatic carbocycles. The molecule has 0 spiro atoms. The van der Waals surface area contributed by atoms with Crippen LogP contribution in [0.3, 0.4) is 0 Å². The average Bonchev–Trinajstić information content (AvgIpc) is 3.47. The summed E-state index contributed by atoms with van der Waals surface area (Å²) in [5.74, 6) is -0.0505. The first-order valence-corrected chi connectivity index (χ1v) is 8.79. The molecule has 1 fully saturated rings. The van der Waals surface area contributed by atoms with E-state index in [1.54, 1.807) is 6.07 Å². The molecule has 0 radical (unpaired) electrons. The van der Waals surface area contributed by atoms with Gasteiger partial charge in [0.15, 0.2) is 11.6 Å². The van der Waals surface area contributed by atoms with Crippen molar-refractivity contribution < 1.29 is 9.59 Å². The summed E-state index contributed by atoms with van der Waals surface area (Å²) in [6.45, 7) is 3.88. The summed E-state index contributed by atoms with van der Waals surface area (Å²) < 4.78 is 0. The van der Waals surface area contributed by atoms with E-state index in [0.717, 1.165) is 24.1 Å². The van der Waals surface area contributed by atoms with Gasteiger partial charge in [0.05, 0.1) is 0 Å². The minimum Gasteiger partial charge on any atom is -0.380 e. The smallest absolute Gasteiger partial charge is 0.163 e. The van der Waals surface area contributed by atoms with Gasteiger partial charge in [-0.25, -0.2) is 0 Å². The second-order valence-electron chi connectivity index (χ2n) is 6.37. The summed E-state index contributed by atoms with van der Waals surface area (Å²) in [5.41, 5.74) is 5.71. The normalized spacial score (nSPS) is 12.6. The standard InChI is InChI=1S/C22H23NO2/c1-3-20(25)21-18(10-7-11-19(21)15(2)24)14-23-22(17-12-13-17)16-8-5-4-6-9-16/h4-11,23H,3,12-14H2,1-2H3. The highest BCUT2D eigenvalue weighted by molar-refractivity contribution is 6.08. The number of carbonyl (C=O) groups excluding carboxylic acids is 2. The van der Waals surface area contributed by atoms with E-state index in [1.807, 2.05) is 37.3 Å². The van der Waals surface area contributed by atoms with Crippen LogP contribution in [0.25, 0.3) is 5.70 Å². The van der Waals surface area contributed by atoms with Gasteiger partial charge in [-0.2, -0.15) is 0 Å². The predicted octanol–water partition coefficient (Wildman–Crippen LogP) is 4.78. The summed E-state index contributed by atoms with van der Waals surface area (Å²) in [6.07, 6.45) is 2.63. The van der Waals surface area contributed by atoms with E-state index < -0.39 is 0 Å². The summed E-state index contributed by atoms with van der Waals surface area (Å²) in [7, 11) is 0. The van der Waals surface area contributed by atoms with Crippen LogP contribution in [0.15, 0.2) is 54.1 Å². The second-order valence-corrected chi connectivity index (χ2v) is 6.37. The van der Waals surface area contributed by atoms with Crippen molar-refractivity contribution in [3.8, 4) is 0 Å². The largest absolute Gasteiger partial charge is 0.380 e. The predicted molar refractivity (Wildman–Crippen MR) is 101 cm³/mol. The second kappa shape index (κ2) is 7.47. The third-order valence-corrected chi connectivity index (χ3v) is 4.50. The topological polar surface area (TPSA) is 46.2 Å². The van der Waals surface area contributed by atoms with Gasteiger partial charge in [-0.3, -0.25) is 9.59 Å². The van der Waals surface area contributed by atoms with E-state index in [0.29, 0.717) is 24.1 Å². The van der Waals surface area contributed by atoms with Gasteiger partial charge in [-0.15, -0.1) is 0 Å². The molecule has 0 aliphatic heterocycles. The van der Waals surface area contributed by atoms with Crippen LogP contribution in [0, 0.1) is 0 Å². The fraction of sp³-hybridized carbons (Fsp3) is 0.273. The van der Waals surface area contributed by atoms with Gasteiger partial charge >= 0.3 is 0 Å². The van der Waals surface area contributed by atoms with E-state index in [2.05, 4.69) is 17.4 Å². The van der Waals surface area contributed by atoms with Crippen LogP contribution in [0.1, 0.15) is 65.0 Å². The maximum atomic E-state index is 12.4. The highest BCUT2D eigenvalue weighted by Gasteiger charge is 2.21. The first-order chi connectivity index (χ1) is 12.1. The number of rotatable bonds is 7. The molecule has 0 atom stereocenters. The van der Waals surface area contributed by atoms with Crippen molar-refractivity contribution in [3.05, 3.63) is 76.4 Å². The zero-order valence-corrected chi connectivity index (χ0v) is 14.8. The number of benzene rings is 2. The SMILES string of the molecule is CCC(=O)c1c(CNC(=C2CC2)c2ccccc2)cccc1C(C)=O. The zero-order chi connectivity index (χ0) is 17.8. The van der Waals surface area contributed by atoms with Gasteiger partial charge < -0.3 is 5.32 Å². The Bertz CT molecular complexity index is 828. The molecule has 1 saturated carbocycles. The first kappa shape index (κ1) is 17.2. The van der Waals surface area contributed by atoms with Gasteiger partial charge in [-0.1, -0.05) is 55.5 Å². The third-order valence-electron chi connectivity index (χ3n) is 4.50. The summed E-state index contributed by atoms with van der Waals surface area (Å²) in [5, 5.41) is 3.52. The highest BCUT2D eigenvalue weighted by atomic mass is 16.1. The fourth-order valence-electron chi connectivity index (χ4n) is 3.08. The fourth-order valence-corrected chi connectivity index (χ4v) is 3.08. The van der Waals surface area contributed by atoms with E-state index in [9.17, 15) is 9.59 Å². The van der Waals surface area contributed by atoms with Crippen molar-refractivity contribution in [1.82, 2.24) is 5.32 Å². The van der Waals surface area contributed by atoms with Crippen molar-refractivity contribution >= 4 is 17.3 Å². The summed E-state index contributed by atoms with van der Waals surface area (Å²) in [4.78, 5) is 24.4. The molecule has 0 aromatic heterocycles. The Morgan fingerprint density at radius 3 is 2.32 bits per heavy atom. The van der Waals surface area contributed by atoms with E-state index in [4.69, 9.17) is 0 Å². The van der Waals surface area contributed by atoms with Crippen molar-refractivity contribution in [1.29, 1.82) is 0 Å². The van der Waals surface area contributed by atoms with E-state index >= 15 is 0 Å². The minimum atomic E-state index is -0.0671. The maximum Gasteiger partial charge on any atom is 0.163 e. The van der Waals surface area contributed by atoms with Crippen molar-refractivity contribution in [2.24, 2.45) is 0 Å². The van der Waals surface area contributed by atoms with Gasteiger partial charge in [0.1, 0.15) is 0 Å². The summed E-state index contributed by atoms with van der Waals surface area (Å²) >= 11 is 0. The van der Waals surface area contributed by atoms with Crippen molar-refractivity contribution in [2.75, 3.05) is 0 Å². The lowest BCUT2D eigenvalue weighted by molar-refractivity contribution is 0.0964. The Balaban J connectivity index is 1.91. The van der Waals surface area contributed by atoms with Crippen LogP contribution in [0.5, 0.6) is 0 Å². The Morgan fingerprint density at radius 1 is 1.00 bits per heavy atom. The number of allylic oxidation sites excluding steroid dienone is 1.